The van der Waals surface area contributed by atoms with Gasteiger partial charge in [-0.15, -0.1) is 0 Å². The van der Waals surface area contributed by atoms with Crippen molar-refractivity contribution < 1.29 is 19.1 Å². The number of hydrogen-bond donors (Lipinski definition) is 3. The number of ether oxygens (including phenoxy) is 1. The van der Waals surface area contributed by atoms with Gasteiger partial charge in [-0.3, -0.25) is 9.59 Å². The maximum Gasteiger partial charge on any atom is 0.407 e. The summed E-state index contributed by atoms with van der Waals surface area (Å²) < 4.78 is 6.23. The van der Waals surface area contributed by atoms with Crippen molar-refractivity contribution in [2.75, 3.05) is 6.54 Å². The molecule has 4 aromatic rings. The second-order valence-corrected chi connectivity index (χ2v) is 11.1. The van der Waals surface area contributed by atoms with Crippen LogP contribution >= 0.6 is 15.9 Å². The minimum atomic E-state index is -0.817. The molecule has 222 valence electrons. The molecule has 0 bridgehead atoms. The molecule has 0 unspecified atom stereocenters. The Morgan fingerprint density at radius 2 is 1.26 bits per heavy atom. The van der Waals surface area contributed by atoms with E-state index in [0.717, 1.165) is 26.7 Å². The zero-order valence-corrected chi connectivity index (χ0v) is 25.6. The predicted molar refractivity (Wildman–Crippen MR) is 171 cm³/mol. The van der Waals surface area contributed by atoms with Crippen molar-refractivity contribution in [1.82, 2.24) is 16.0 Å². The van der Waals surface area contributed by atoms with Gasteiger partial charge in [-0.1, -0.05) is 119 Å². The number of carbonyl (C=O) groups is 3. The third-order valence-corrected chi connectivity index (χ3v) is 7.57. The van der Waals surface area contributed by atoms with Gasteiger partial charge in [0.05, 0.1) is 12.0 Å². The van der Waals surface area contributed by atoms with E-state index in [4.69, 9.17) is 4.74 Å². The first-order chi connectivity index (χ1) is 20.9. The van der Waals surface area contributed by atoms with Gasteiger partial charge >= 0.3 is 6.09 Å². The highest BCUT2D eigenvalue weighted by Crippen LogP contribution is 2.25. The molecule has 0 spiro atoms. The molecule has 0 aliphatic heterocycles. The quantitative estimate of drug-likeness (QED) is 0.142. The minimum absolute atomic E-state index is 0.169. The average molecular weight is 643 g/mol. The van der Waals surface area contributed by atoms with Gasteiger partial charge < -0.3 is 20.7 Å². The van der Waals surface area contributed by atoms with E-state index in [-0.39, 0.29) is 31.0 Å². The summed E-state index contributed by atoms with van der Waals surface area (Å²) in [5.41, 5.74) is 3.49. The molecule has 0 heterocycles. The molecule has 8 heteroatoms. The zero-order valence-electron chi connectivity index (χ0n) is 24.0. The summed E-state index contributed by atoms with van der Waals surface area (Å²) >= 11 is 3.44. The van der Waals surface area contributed by atoms with E-state index in [2.05, 4.69) is 31.9 Å². The number of hydrogen-bond acceptors (Lipinski definition) is 4. The maximum absolute atomic E-state index is 13.8. The summed E-state index contributed by atoms with van der Waals surface area (Å²) in [5.74, 6) is -1.16. The van der Waals surface area contributed by atoms with Crippen LogP contribution < -0.4 is 16.0 Å². The van der Waals surface area contributed by atoms with Gasteiger partial charge in [-0.2, -0.15) is 0 Å². The second kappa shape index (κ2) is 16.3. The Labute approximate surface area is 261 Å². The molecule has 2 atom stereocenters. The molecule has 0 saturated heterocycles. The largest absolute Gasteiger partial charge is 0.445 e. The fourth-order valence-electron chi connectivity index (χ4n) is 4.73. The molecule has 0 aliphatic carbocycles. The van der Waals surface area contributed by atoms with Crippen LogP contribution in [-0.4, -0.2) is 30.5 Å². The SMILES string of the molecule is C[C@@H](NC(=O)[C@H](CCCNC(=O)OCc1ccccc1)NC(=O)C(c1ccccc1)c1ccccc1)c1ccc(Br)cc1. The van der Waals surface area contributed by atoms with Crippen molar-refractivity contribution in [3.8, 4) is 0 Å². The standard InChI is InChI=1S/C35H36BrN3O4/c1-25(27-19-21-30(36)22-20-27)38-33(40)31(18-11-23-37-35(42)43-24-26-12-5-2-6-13-26)39-34(41)32(28-14-7-3-8-15-28)29-16-9-4-10-17-29/h2-10,12-17,19-22,25,31-32H,11,18,23-24H2,1H3,(H,37,42)(H,38,40)(H,39,41)/t25-,31+/m1/s1. The highest BCUT2D eigenvalue weighted by Gasteiger charge is 2.28. The number of halogens is 1. The van der Waals surface area contributed by atoms with E-state index in [1.807, 2.05) is 122 Å². The minimum Gasteiger partial charge on any atom is -0.445 e. The van der Waals surface area contributed by atoms with Crippen LogP contribution in [0.15, 0.2) is 120 Å². The Morgan fingerprint density at radius 1 is 0.698 bits per heavy atom. The van der Waals surface area contributed by atoms with Crippen molar-refractivity contribution >= 4 is 33.8 Å². The first kappa shape index (κ1) is 31.5. The van der Waals surface area contributed by atoms with Crippen molar-refractivity contribution in [2.24, 2.45) is 0 Å². The summed E-state index contributed by atoms with van der Waals surface area (Å²) in [6.45, 7) is 2.36. The predicted octanol–water partition coefficient (Wildman–Crippen LogP) is 6.65. The van der Waals surface area contributed by atoms with Gasteiger partial charge in [-0.25, -0.2) is 4.79 Å². The third-order valence-electron chi connectivity index (χ3n) is 7.04. The van der Waals surface area contributed by atoms with Crippen LogP contribution in [0.5, 0.6) is 0 Å². The van der Waals surface area contributed by atoms with Crippen LogP contribution in [0.3, 0.4) is 0 Å². The third kappa shape index (κ3) is 9.82. The average Bonchev–Trinajstić information content (AvgIpc) is 3.03. The number of nitrogens with one attached hydrogen (secondary N) is 3. The number of benzene rings is 4. The Balaban J connectivity index is 1.43. The summed E-state index contributed by atoms with van der Waals surface area (Å²) in [7, 11) is 0. The van der Waals surface area contributed by atoms with Gasteiger partial charge in [-0.05, 0) is 54.2 Å². The molecule has 7 nitrogen and oxygen atoms in total. The molecule has 3 amide bonds. The monoisotopic (exact) mass is 641 g/mol. The van der Waals surface area contributed by atoms with E-state index >= 15 is 0 Å². The molecular weight excluding hydrogens is 606 g/mol. The van der Waals surface area contributed by atoms with E-state index < -0.39 is 18.1 Å². The fourth-order valence-corrected chi connectivity index (χ4v) is 4.99. The molecule has 0 aliphatic rings. The van der Waals surface area contributed by atoms with Gasteiger partial charge in [0.25, 0.3) is 0 Å². The van der Waals surface area contributed by atoms with Gasteiger partial charge in [0.2, 0.25) is 11.8 Å². The molecule has 43 heavy (non-hydrogen) atoms. The summed E-state index contributed by atoms with van der Waals surface area (Å²) in [6, 6.07) is 35.1. The smallest absolute Gasteiger partial charge is 0.407 e. The van der Waals surface area contributed by atoms with Crippen LogP contribution in [-0.2, 0) is 20.9 Å². The Bertz CT molecular complexity index is 1410. The molecule has 3 N–H and O–H groups in total. The highest BCUT2D eigenvalue weighted by molar-refractivity contribution is 9.10. The van der Waals surface area contributed by atoms with Crippen molar-refractivity contribution in [1.29, 1.82) is 0 Å². The van der Waals surface area contributed by atoms with E-state index in [0.29, 0.717) is 12.8 Å². The highest BCUT2D eigenvalue weighted by atomic mass is 79.9. The molecule has 4 aromatic carbocycles. The summed E-state index contributed by atoms with van der Waals surface area (Å²) in [4.78, 5) is 39.6. The van der Waals surface area contributed by atoms with E-state index in [1.54, 1.807) is 0 Å². The number of carbonyl (C=O) groups excluding carboxylic acids is 3. The Kier molecular flexibility index (Phi) is 11.9. The van der Waals surface area contributed by atoms with E-state index in [9.17, 15) is 14.4 Å². The number of amides is 3. The topological polar surface area (TPSA) is 96.5 Å². The summed E-state index contributed by atoms with van der Waals surface area (Å²) in [6.07, 6.45) is 0.234. The van der Waals surface area contributed by atoms with Gasteiger partial charge in [0.15, 0.2) is 0 Å². The van der Waals surface area contributed by atoms with Crippen LogP contribution in [0.4, 0.5) is 4.79 Å². The second-order valence-electron chi connectivity index (χ2n) is 10.2. The van der Waals surface area contributed by atoms with Crippen molar-refractivity contribution in [2.45, 2.75) is 44.4 Å². The first-order valence-corrected chi connectivity index (χ1v) is 15.1. The number of rotatable bonds is 13. The Morgan fingerprint density at radius 3 is 1.84 bits per heavy atom. The Hall–Kier alpha value is -4.43. The molecular formula is C35H36BrN3O4. The number of alkyl carbamates (subject to hydrolysis) is 1. The molecule has 0 aromatic heterocycles. The normalized spacial score (nSPS) is 12.2. The lowest BCUT2D eigenvalue weighted by Crippen LogP contribution is -2.49. The molecule has 0 saturated carbocycles. The van der Waals surface area contributed by atoms with Gasteiger partial charge in [0, 0.05) is 11.0 Å². The molecule has 4 rings (SSSR count). The first-order valence-electron chi connectivity index (χ1n) is 14.3. The van der Waals surface area contributed by atoms with Crippen molar-refractivity contribution in [3.63, 3.8) is 0 Å². The zero-order chi connectivity index (χ0) is 30.4. The molecule has 0 radical (unpaired) electrons. The maximum atomic E-state index is 13.8. The lowest BCUT2D eigenvalue weighted by molar-refractivity contribution is -0.129. The van der Waals surface area contributed by atoms with Crippen LogP contribution in [0.1, 0.15) is 54.0 Å². The van der Waals surface area contributed by atoms with Crippen LogP contribution in [0, 0.1) is 0 Å². The van der Waals surface area contributed by atoms with Crippen LogP contribution in [0.25, 0.3) is 0 Å². The lowest BCUT2D eigenvalue weighted by Gasteiger charge is -2.25. The van der Waals surface area contributed by atoms with Crippen molar-refractivity contribution in [3.05, 3.63) is 142 Å². The van der Waals surface area contributed by atoms with Gasteiger partial charge in [0.1, 0.15) is 12.6 Å². The van der Waals surface area contributed by atoms with Crippen LogP contribution in [0.2, 0.25) is 0 Å². The summed E-state index contributed by atoms with van der Waals surface area (Å²) in [5, 5.41) is 8.80. The fraction of sp³-hybridized carbons (Fsp3) is 0.229. The molecule has 0 fully saturated rings. The lowest BCUT2D eigenvalue weighted by atomic mass is 9.90. The van der Waals surface area contributed by atoms with E-state index in [1.165, 1.54) is 0 Å².